The fourth-order valence-corrected chi connectivity index (χ4v) is 8.94. The van der Waals surface area contributed by atoms with Gasteiger partial charge in [0.15, 0.2) is 8.32 Å². The van der Waals surface area contributed by atoms with E-state index in [1.165, 1.54) is 12.1 Å². The van der Waals surface area contributed by atoms with Crippen LogP contribution in [0, 0.1) is 22.7 Å². The first-order chi connectivity index (χ1) is 38.8. The highest BCUT2D eigenvalue weighted by Crippen LogP contribution is 2.36. The third kappa shape index (κ3) is 23.7. The highest BCUT2D eigenvalue weighted by Gasteiger charge is 2.36. The summed E-state index contributed by atoms with van der Waals surface area (Å²) in [5.41, 5.74) is 11.8. The second-order valence-electron chi connectivity index (χ2n) is 24.0. The number of benzene rings is 4. The second-order valence-corrected chi connectivity index (χ2v) is 28.8. The van der Waals surface area contributed by atoms with Gasteiger partial charge in [0.25, 0.3) is 11.8 Å². The van der Waals surface area contributed by atoms with Crippen molar-refractivity contribution in [1.82, 2.24) is 35.0 Å². The van der Waals surface area contributed by atoms with Gasteiger partial charge in [0.1, 0.15) is 47.9 Å². The number of aliphatic hydroxyl groups is 1. The number of carbonyl (C=O) groups excluding carboxylic acids is 4. The van der Waals surface area contributed by atoms with Crippen LogP contribution in [0.2, 0.25) is 18.1 Å². The molecule has 85 heavy (non-hydrogen) atoms. The Balaban J connectivity index is 0.000000628. The van der Waals surface area contributed by atoms with Crippen LogP contribution in [-0.4, -0.2) is 93.9 Å². The van der Waals surface area contributed by atoms with E-state index in [1.807, 2.05) is 114 Å². The largest absolute Gasteiger partial charge is 0.490 e. The van der Waals surface area contributed by atoms with Gasteiger partial charge in [-0.25, -0.2) is 20.8 Å². The molecule has 0 spiro atoms. The van der Waals surface area contributed by atoms with Gasteiger partial charge in [-0.3, -0.25) is 25.2 Å². The molecule has 2 aromatic heterocycles. The van der Waals surface area contributed by atoms with Crippen LogP contribution in [0.3, 0.4) is 0 Å². The van der Waals surface area contributed by atoms with Gasteiger partial charge in [-0.15, -0.1) is 0 Å². The van der Waals surface area contributed by atoms with Crippen molar-refractivity contribution < 1.29 is 38.2 Å². The van der Waals surface area contributed by atoms with Crippen LogP contribution in [0.25, 0.3) is 22.5 Å². The van der Waals surface area contributed by atoms with Crippen molar-refractivity contribution >= 4 is 32.7 Å². The molecule has 0 radical (unpaired) electrons. The van der Waals surface area contributed by atoms with E-state index in [0.717, 1.165) is 52.3 Å². The number of amides is 2. The lowest BCUT2D eigenvalue weighted by Crippen LogP contribution is -2.42. The number of nitriles is 2. The van der Waals surface area contributed by atoms with Gasteiger partial charge < -0.3 is 32.9 Å². The number of imidazole rings is 2. The molecule has 0 aliphatic carbocycles. The van der Waals surface area contributed by atoms with Crippen LogP contribution in [0.1, 0.15) is 177 Å². The molecule has 5 N–H and O–H groups in total. The van der Waals surface area contributed by atoms with Gasteiger partial charge in [0, 0.05) is 97.9 Å². The van der Waals surface area contributed by atoms with Crippen LogP contribution in [0.15, 0.2) is 97.3 Å². The summed E-state index contributed by atoms with van der Waals surface area (Å²) in [5, 5.41) is 29.8. The zero-order valence-electron chi connectivity index (χ0n) is 51.8. The zero-order valence-corrected chi connectivity index (χ0v) is 52.8. The van der Waals surface area contributed by atoms with E-state index in [2.05, 4.69) is 101 Å². The molecule has 0 saturated heterocycles. The van der Waals surface area contributed by atoms with E-state index in [-0.39, 0.29) is 55.4 Å². The molecule has 2 amide bonds. The van der Waals surface area contributed by atoms with Gasteiger partial charge in [-0.2, -0.15) is 10.5 Å². The molecule has 19 heteroatoms. The first kappa shape index (κ1) is 75.2. The van der Waals surface area contributed by atoms with Crippen molar-refractivity contribution in [3.05, 3.63) is 142 Å². The number of nitrogens with zero attached hydrogens (tertiary/aromatic N) is 7. The quantitative estimate of drug-likeness (QED) is 0.0147. The van der Waals surface area contributed by atoms with Gasteiger partial charge in [-0.1, -0.05) is 126 Å². The molecule has 4 aromatic carbocycles. The van der Waals surface area contributed by atoms with Crippen molar-refractivity contribution in [1.29, 1.82) is 10.5 Å². The van der Waals surface area contributed by atoms with Gasteiger partial charge in [0.05, 0.1) is 34.7 Å². The van der Waals surface area contributed by atoms with Gasteiger partial charge >= 0.3 is 0 Å². The number of ether oxygens (including phenoxy) is 2. The summed E-state index contributed by atoms with van der Waals surface area (Å²) in [4.78, 5) is 54.4. The van der Waals surface area contributed by atoms with E-state index >= 15 is 0 Å². The summed E-state index contributed by atoms with van der Waals surface area (Å²) in [7, 11) is 2.42. The highest BCUT2D eigenvalue weighted by molar-refractivity contribution is 6.74. The Bertz CT molecular complexity index is 3150. The molecule has 18 nitrogen and oxygen atoms in total. The molecule has 6 rings (SSSR count). The molecular formula is C66H96N10O8Si. The minimum absolute atomic E-state index is 0. The SMILES string of the molecule is C.C.CC(C)(C)[Si](C)(C)OCCC=O.CC(C)Oc1ccc(C(=O)NN(CCCO)Cc2ccc(-c3cn(C)c(C(C)(C)C)n3)cc2)cc1C#N.CC(C)Oc1ccc(C(=O)NN)cc1C#N.Cn1cc(-c2ccc(C=O)cc2)nc1C(C)(C)C. The number of nitrogens with two attached hydrogens (primary N) is 1. The van der Waals surface area contributed by atoms with Crippen LogP contribution in [0.4, 0.5) is 0 Å². The van der Waals surface area contributed by atoms with E-state index in [9.17, 15) is 29.5 Å². The summed E-state index contributed by atoms with van der Waals surface area (Å²) in [6.07, 6.45) is 6.74. The van der Waals surface area contributed by atoms with Gasteiger partial charge in [-0.05, 0) is 94.2 Å². The van der Waals surface area contributed by atoms with Crippen LogP contribution >= 0.6 is 0 Å². The molecule has 0 saturated carbocycles. The first-order valence-corrected chi connectivity index (χ1v) is 30.6. The molecule has 6 aromatic rings. The fourth-order valence-electron chi connectivity index (χ4n) is 7.88. The Hall–Kier alpha value is -7.78. The minimum atomic E-state index is -1.60. The lowest BCUT2D eigenvalue weighted by Gasteiger charge is -2.35. The molecule has 0 bridgehead atoms. The minimum Gasteiger partial charge on any atom is -0.490 e. The molecule has 0 aliphatic heterocycles. The standard InChI is InChI=1S/C29H37N5O3.C15H18N2O.C11H13N3O2.C9H20O2Si.2CH4/c1-20(2)37-26-13-12-23(16-24(26)17-30)27(36)32-34(14-7-15-35)18-21-8-10-22(11-9-21)25-19-33(6)28(31-25)29(3,4)5;1-15(2,3)14-16-13(9-17(14)4)12-7-5-11(10-18)6-8-12;1-7(2)16-10-4-3-8(11(15)14-13)5-9(10)6-12;1-9(2,3)12(4,5)11-8-6-7-10;;/h8-13,16,19-20,35H,7,14-15,18H2,1-6H3,(H,32,36);5-10H,1-4H3;3-5,7H,13H2,1-2H3,(H,14,15);7H,6,8H2,1-5H3;2*1H4. The molecule has 0 unspecified atom stereocenters. The van der Waals surface area contributed by atoms with E-state index < -0.39 is 14.2 Å². The van der Waals surface area contributed by atoms with Crippen LogP contribution in [0.5, 0.6) is 11.5 Å². The predicted octanol–water partition coefficient (Wildman–Crippen LogP) is 12.6. The Labute approximate surface area is 507 Å². The number of rotatable bonds is 19. The lowest BCUT2D eigenvalue weighted by molar-refractivity contribution is -0.108. The zero-order chi connectivity index (χ0) is 62.5. The summed E-state index contributed by atoms with van der Waals surface area (Å²) in [6.45, 7) is 32.9. The Kier molecular flexibility index (Phi) is 30.3. The predicted molar refractivity (Wildman–Crippen MR) is 342 cm³/mol. The Morgan fingerprint density at radius 3 is 1.51 bits per heavy atom. The molecule has 462 valence electrons. The normalized spacial score (nSPS) is 11.2. The maximum Gasteiger partial charge on any atom is 0.265 e. The molecule has 0 fully saturated rings. The number of nitrogens with one attached hydrogen (secondary N) is 2. The van der Waals surface area contributed by atoms with E-state index in [1.54, 1.807) is 29.3 Å². The third-order valence-electron chi connectivity index (χ3n) is 13.0. The monoisotopic (exact) mass is 1180 g/mol. The van der Waals surface area contributed by atoms with Crippen LogP contribution < -0.4 is 26.2 Å². The summed E-state index contributed by atoms with van der Waals surface area (Å²) in [5.74, 6) is 7.23. The number of aliphatic hydroxyl groups excluding tert-OH is 1. The summed E-state index contributed by atoms with van der Waals surface area (Å²) in [6, 6.07) is 29.1. The average Bonchev–Trinajstić information content (AvgIpc) is 3.93. The summed E-state index contributed by atoms with van der Waals surface area (Å²) >= 11 is 0. The smallest absolute Gasteiger partial charge is 0.265 e. The second kappa shape index (κ2) is 34.2. The third-order valence-corrected chi connectivity index (χ3v) is 17.5. The number of hydrazine groups is 2. The van der Waals surface area contributed by atoms with E-state index in [0.29, 0.717) is 71.9 Å². The first-order valence-electron chi connectivity index (χ1n) is 27.7. The average molecular weight is 1190 g/mol. The van der Waals surface area contributed by atoms with Gasteiger partial charge in [0.2, 0.25) is 0 Å². The maximum absolute atomic E-state index is 13.0. The molecular weight excluding hydrogens is 1090 g/mol. The van der Waals surface area contributed by atoms with Crippen molar-refractivity contribution in [2.45, 2.75) is 165 Å². The topological polar surface area (TPSA) is 253 Å². The van der Waals surface area contributed by atoms with Crippen molar-refractivity contribution in [3.63, 3.8) is 0 Å². The lowest BCUT2D eigenvalue weighted by atomic mass is 9.96. The number of aryl methyl sites for hydroxylation is 2. The number of hydrogen-bond donors (Lipinski definition) is 4. The van der Waals surface area contributed by atoms with E-state index in [4.69, 9.17) is 30.0 Å². The molecule has 2 heterocycles. The summed E-state index contributed by atoms with van der Waals surface area (Å²) < 4.78 is 20.9. The number of nitrogen functional groups attached to an aromatic ring is 1. The van der Waals surface area contributed by atoms with Crippen molar-refractivity contribution in [2.24, 2.45) is 19.9 Å². The number of aromatic nitrogens is 4. The number of aldehydes is 2. The molecule has 0 atom stereocenters. The maximum atomic E-state index is 13.0. The number of carbonyl (C=O) groups is 4. The number of hydrogen-bond acceptors (Lipinski definition) is 14. The van der Waals surface area contributed by atoms with Crippen molar-refractivity contribution in [3.8, 4) is 46.2 Å². The van der Waals surface area contributed by atoms with Crippen molar-refractivity contribution in [2.75, 3.05) is 19.8 Å². The Morgan fingerprint density at radius 1 is 0.718 bits per heavy atom. The van der Waals surface area contributed by atoms with Crippen LogP contribution in [-0.2, 0) is 40.7 Å². The Morgan fingerprint density at radius 2 is 1.15 bits per heavy atom. The molecule has 0 aliphatic rings. The highest BCUT2D eigenvalue weighted by atomic mass is 28.4. The fraction of sp³-hybridized carbons (Fsp3) is 0.455.